The smallest absolute Gasteiger partial charge is 0.0495 e. The lowest BCUT2D eigenvalue weighted by Crippen LogP contribution is -2.52. The number of hydrogen-bond donors (Lipinski definition) is 0. The quantitative estimate of drug-likeness (QED) is 0.612. The highest BCUT2D eigenvalue weighted by Gasteiger charge is 2.53. The molecule has 0 spiro atoms. The summed E-state index contributed by atoms with van der Waals surface area (Å²) in [6.07, 6.45) is 15.5. The first kappa shape index (κ1) is 10.1. The van der Waals surface area contributed by atoms with Gasteiger partial charge < -0.3 is 0 Å². The lowest BCUT2D eigenvalue weighted by atomic mass is 9.62. The number of nitrogens with zero attached hydrogens (tertiary/aromatic N) is 1. The van der Waals surface area contributed by atoms with E-state index in [2.05, 4.69) is 30.2 Å². The maximum atomic E-state index is 2.67. The normalized spacial score (nSPS) is 40.1. The van der Waals surface area contributed by atoms with Crippen LogP contribution in [0.3, 0.4) is 0 Å². The summed E-state index contributed by atoms with van der Waals surface area (Å²) in [6, 6.07) is 0. The van der Waals surface area contributed by atoms with E-state index in [0.717, 1.165) is 5.92 Å². The van der Waals surface area contributed by atoms with Crippen molar-refractivity contribution in [1.82, 2.24) is 4.90 Å². The van der Waals surface area contributed by atoms with Gasteiger partial charge in [-0.05, 0) is 55.9 Å². The predicted octanol–water partition coefficient (Wildman–Crippen LogP) is 3.45. The standard InChI is InChI=1S/C16H21N/c1-17-11-13-10-12-6-2-3-7-14(12)16(17)9-5-4-8-15(13)16/h2,6,10,14H,3-5,7-9,11H2,1H3. The van der Waals surface area contributed by atoms with E-state index in [0.29, 0.717) is 5.54 Å². The number of rotatable bonds is 0. The second-order valence-corrected chi connectivity index (χ2v) is 6.17. The van der Waals surface area contributed by atoms with Crippen LogP contribution in [-0.2, 0) is 0 Å². The second kappa shape index (κ2) is 3.35. The van der Waals surface area contributed by atoms with E-state index in [-0.39, 0.29) is 0 Å². The molecule has 1 fully saturated rings. The molecule has 0 amide bonds. The van der Waals surface area contributed by atoms with Gasteiger partial charge in [-0.3, -0.25) is 4.90 Å². The summed E-state index contributed by atoms with van der Waals surface area (Å²) in [7, 11) is 2.35. The Balaban J connectivity index is 1.91. The third-order valence-corrected chi connectivity index (χ3v) is 5.49. The van der Waals surface area contributed by atoms with Gasteiger partial charge in [0, 0.05) is 18.0 Å². The molecule has 1 aliphatic heterocycles. The maximum Gasteiger partial charge on any atom is 0.0495 e. The molecule has 2 atom stereocenters. The average Bonchev–Trinajstić information content (AvgIpc) is 2.59. The Morgan fingerprint density at radius 1 is 1.35 bits per heavy atom. The largest absolute Gasteiger partial charge is 0.292 e. The predicted molar refractivity (Wildman–Crippen MR) is 70.8 cm³/mol. The van der Waals surface area contributed by atoms with Crippen LogP contribution in [0.1, 0.15) is 38.5 Å². The lowest BCUT2D eigenvalue weighted by molar-refractivity contribution is 0.104. The van der Waals surface area contributed by atoms with Crippen LogP contribution in [0.15, 0.2) is 34.9 Å². The number of likely N-dealkylation sites (N-methyl/N-ethyl adjacent to an activating group) is 1. The van der Waals surface area contributed by atoms with Gasteiger partial charge >= 0.3 is 0 Å². The summed E-state index contributed by atoms with van der Waals surface area (Å²) in [6.45, 7) is 1.20. The van der Waals surface area contributed by atoms with E-state index < -0.39 is 0 Å². The van der Waals surface area contributed by atoms with Crippen molar-refractivity contribution in [2.24, 2.45) is 5.92 Å². The molecular weight excluding hydrogens is 206 g/mol. The summed E-state index contributed by atoms with van der Waals surface area (Å²) >= 11 is 0. The molecule has 0 saturated heterocycles. The van der Waals surface area contributed by atoms with Gasteiger partial charge in [-0.2, -0.15) is 0 Å². The van der Waals surface area contributed by atoms with Gasteiger partial charge in [0.1, 0.15) is 0 Å². The molecule has 0 aromatic heterocycles. The molecule has 4 rings (SSSR count). The molecule has 1 heterocycles. The minimum absolute atomic E-state index is 0.433. The summed E-state index contributed by atoms with van der Waals surface area (Å²) in [5.41, 5.74) is 5.53. The Morgan fingerprint density at radius 3 is 3.24 bits per heavy atom. The molecule has 2 unspecified atom stereocenters. The second-order valence-electron chi connectivity index (χ2n) is 6.17. The SMILES string of the molecule is CN1CC2=C3CCCCC31C1CCC=CC1=C2. The van der Waals surface area contributed by atoms with E-state index in [1.165, 1.54) is 45.1 Å². The molecule has 90 valence electrons. The van der Waals surface area contributed by atoms with Crippen LogP contribution in [-0.4, -0.2) is 24.0 Å². The summed E-state index contributed by atoms with van der Waals surface area (Å²) < 4.78 is 0. The van der Waals surface area contributed by atoms with Crippen LogP contribution in [0.2, 0.25) is 0 Å². The van der Waals surface area contributed by atoms with Gasteiger partial charge in [0.2, 0.25) is 0 Å². The first-order chi connectivity index (χ1) is 8.32. The van der Waals surface area contributed by atoms with Crippen molar-refractivity contribution in [3.05, 3.63) is 34.9 Å². The average molecular weight is 227 g/mol. The highest BCUT2D eigenvalue weighted by molar-refractivity contribution is 5.53. The fourth-order valence-electron chi connectivity index (χ4n) is 4.83. The van der Waals surface area contributed by atoms with Crippen LogP contribution < -0.4 is 0 Å². The molecule has 1 nitrogen and oxygen atoms in total. The molecule has 1 heteroatoms. The van der Waals surface area contributed by atoms with E-state index in [1.807, 2.05) is 5.57 Å². The van der Waals surface area contributed by atoms with Crippen molar-refractivity contribution in [2.75, 3.05) is 13.6 Å². The van der Waals surface area contributed by atoms with E-state index in [4.69, 9.17) is 0 Å². The molecule has 3 aliphatic carbocycles. The maximum absolute atomic E-state index is 2.67. The fraction of sp³-hybridized carbons (Fsp3) is 0.625. The van der Waals surface area contributed by atoms with Gasteiger partial charge in [0.25, 0.3) is 0 Å². The summed E-state index contributed by atoms with van der Waals surface area (Å²) in [5, 5.41) is 0. The molecule has 17 heavy (non-hydrogen) atoms. The van der Waals surface area contributed by atoms with Crippen molar-refractivity contribution < 1.29 is 0 Å². The molecular formula is C16H21N. The Bertz CT molecular complexity index is 454. The topological polar surface area (TPSA) is 3.24 Å². The third kappa shape index (κ3) is 1.14. The van der Waals surface area contributed by atoms with E-state index in [9.17, 15) is 0 Å². The highest BCUT2D eigenvalue weighted by Crippen LogP contribution is 2.55. The van der Waals surface area contributed by atoms with Crippen molar-refractivity contribution in [3.8, 4) is 0 Å². The number of hydrogen-bond acceptors (Lipinski definition) is 1. The first-order valence-electron chi connectivity index (χ1n) is 7.14. The fourth-order valence-corrected chi connectivity index (χ4v) is 4.83. The molecule has 0 aromatic rings. The third-order valence-electron chi connectivity index (χ3n) is 5.49. The molecule has 1 saturated carbocycles. The Kier molecular flexibility index (Phi) is 2.00. The molecule has 0 aromatic carbocycles. The zero-order valence-corrected chi connectivity index (χ0v) is 10.7. The lowest BCUT2D eigenvalue weighted by Gasteiger charge is -2.50. The Hall–Kier alpha value is -0.820. The Morgan fingerprint density at radius 2 is 2.29 bits per heavy atom. The van der Waals surface area contributed by atoms with Crippen LogP contribution in [0.5, 0.6) is 0 Å². The van der Waals surface area contributed by atoms with Crippen molar-refractivity contribution in [2.45, 2.75) is 44.1 Å². The van der Waals surface area contributed by atoms with Crippen LogP contribution in [0, 0.1) is 5.92 Å². The minimum Gasteiger partial charge on any atom is -0.292 e. The number of allylic oxidation sites excluding steroid dienone is 2. The van der Waals surface area contributed by atoms with Gasteiger partial charge in [0.05, 0.1) is 0 Å². The highest BCUT2D eigenvalue weighted by atomic mass is 15.2. The van der Waals surface area contributed by atoms with E-state index in [1.54, 1.807) is 11.1 Å². The Labute approximate surface area is 104 Å². The zero-order valence-electron chi connectivity index (χ0n) is 10.7. The van der Waals surface area contributed by atoms with E-state index >= 15 is 0 Å². The molecule has 0 radical (unpaired) electrons. The summed E-state index contributed by atoms with van der Waals surface area (Å²) in [5.74, 6) is 0.791. The van der Waals surface area contributed by atoms with Crippen molar-refractivity contribution in [1.29, 1.82) is 0 Å². The van der Waals surface area contributed by atoms with Crippen LogP contribution in [0.4, 0.5) is 0 Å². The van der Waals surface area contributed by atoms with Gasteiger partial charge in [-0.1, -0.05) is 24.6 Å². The monoisotopic (exact) mass is 227 g/mol. The molecule has 4 aliphatic rings. The van der Waals surface area contributed by atoms with Crippen LogP contribution >= 0.6 is 0 Å². The van der Waals surface area contributed by atoms with Crippen molar-refractivity contribution in [3.63, 3.8) is 0 Å². The minimum atomic E-state index is 0.433. The number of fused-ring (bicyclic) bond motifs is 1. The van der Waals surface area contributed by atoms with Gasteiger partial charge in [0.15, 0.2) is 0 Å². The van der Waals surface area contributed by atoms with Gasteiger partial charge in [-0.25, -0.2) is 0 Å². The molecule has 0 N–H and O–H groups in total. The van der Waals surface area contributed by atoms with Crippen LogP contribution in [0.25, 0.3) is 0 Å². The summed E-state index contributed by atoms with van der Waals surface area (Å²) in [4.78, 5) is 2.67. The van der Waals surface area contributed by atoms with Gasteiger partial charge in [-0.15, -0.1) is 0 Å². The first-order valence-corrected chi connectivity index (χ1v) is 7.14. The zero-order chi connectivity index (χ0) is 11.5. The van der Waals surface area contributed by atoms with Crippen molar-refractivity contribution >= 4 is 0 Å². The molecule has 2 bridgehead atoms.